The van der Waals surface area contributed by atoms with Crippen molar-refractivity contribution >= 4 is 6.09 Å². The number of ether oxygens (including phenoxy) is 3. The van der Waals surface area contributed by atoms with E-state index in [0.29, 0.717) is 24.7 Å². The fraction of sp³-hybridized carbons (Fsp3) is 0.462. The molecule has 1 N–H and O–H groups in total. The third kappa shape index (κ3) is 4.16. The molecule has 0 radical (unpaired) electrons. The summed E-state index contributed by atoms with van der Waals surface area (Å²) in [4.78, 5) is 11.3. The van der Waals surface area contributed by atoms with Crippen LogP contribution < -0.4 is 14.8 Å². The molecule has 1 amide bonds. The summed E-state index contributed by atoms with van der Waals surface area (Å²) in [7, 11) is 3.16. The summed E-state index contributed by atoms with van der Waals surface area (Å²) in [6.45, 7) is 2.77. The molecule has 0 atom stereocenters. The van der Waals surface area contributed by atoms with E-state index in [4.69, 9.17) is 14.2 Å². The van der Waals surface area contributed by atoms with Gasteiger partial charge in [0.1, 0.15) is 0 Å². The SMILES string of the molecule is CCCOC(=O)NCc1ccc(OC)c(OC)c1. The molecular weight excluding hydrogens is 234 g/mol. The Labute approximate surface area is 107 Å². The van der Waals surface area contributed by atoms with E-state index in [1.807, 2.05) is 19.1 Å². The minimum atomic E-state index is -0.411. The maximum absolute atomic E-state index is 11.3. The summed E-state index contributed by atoms with van der Waals surface area (Å²) in [5.74, 6) is 1.30. The molecule has 0 bridgehead atoms. The fourth-order valence-electron chi connectivity index (χ4n) is 1.41. The van der Waals surface area contributed by atoms with Gasteiger partial charge in [0.25, 0.3) is 0 Å². The molecule has 0 aliphatic heterocycles. The van der Waals surface area contributed by atoms with Crippen LogP contribution >= 0.6 is 0 Å². The van der Waals surface area contributed by atoms with E-state index in [9.17, 15) is 4.79 Å². The van der Waals surface area contributed by atoms with Crippen LogP contribution in [0.15, 0.2) is 18.2 Å². The average molecular weight is 253 g/mol. The number of benzene rings is 1. The van der Waals surface area contributed by atoms with Crippen LogP contribution in [-0.4, -0.2) is 26.9 Å². The maximum atomic E-state index is 11.3. The lowest BCUT2D eigenvalue weighted by Crippen LogP contribution is -2.24. The van der Waals surface area contributed by atoms with Gasteiger partial charge in [-0.2, -0.15) is 0 Å². The topological polar surface area (TPSA) is 56.8 Å². The number of carbonyl (C=O) groups is 1. The highest BCUT2D eigenvalue weighted by Gasteiger charge is 2.06. The van der Waals surface area contributed by atoms with Crippen molar-refractivity contribution in [2.45, 2.75) is 19.9 Å². The second kappa shape index (κ2) is 7.42. The molecule has 0 aliphatic rings. The first-order valence-corrected chi connectivity index (χ1v) is 5.82. The van der Waals surface area contributed by atoms with Gasteiger partial charge in [0.15, 0.2) is 11.5 Å². The van der Waals surface area contributed by atoms with Crippen LogP contribution in [0.3, 0.4) is 0 Å². The molecule has 0 aliphatic carbocycles. The van der Waals surface area contributed by atoms with E-state index in [-0.39, 0.29) is 0 Å². The summed E-state index contributed by atoms with van der Waals surface area (Å²) in [5.41, 5.74) is 0.918. The van der Waals surface area contributed by atoms with E-state index < -0.39 is 6.09 Å². The molecule has 0 saturated heterocycles. The smallest absolute Gasteiger partial charge is 0.407 e. The molecule has 0 saturated carbocycles. The number of hydrogen-bond acceptors (Lipinski definition) is 4. The van der Waals surface area contributed by atoms with Gasteiger partial charge in [-0.05, 0) is 24.1 Å². The molecule has 0 unspecified atom stereocenters. The van der Waals surface area contributed by atoms with E-state index in [0.717, 1.165) is 12.0 Å². The normalized spacial score (nSPS) is 9.72. The summed E-state index contributed by atoms with van der Waals surface area (Å²) in [5, 5.41) is 2.67. The minimum absolute atomic E-state index is 0.392. The number of alkyl carbamates (subject to hydrolysis) is 1. The molecule has 18 heavy (non-hydrogen) atoms. The number of nitrogens with one attached hydrogen (secondary N) is 1. The number of hydrogen-bond donors (Lipinski definition) is 1. The van der Waals surface area contributed by atoms with Crippen LogP contribution in [-0.2, 0) is 11.3 Å². The Balaban J connectivity index is 2.55. The van der Waals surface area contributed by atoms with Crippen LogP contribution in [0.1, 0.15) is 18.9 Å². The zero-order valence-electron chi connectivity index (χ0n) is 11.0. The molecule has 0 fully saturated rings. The first-order valence-electron chi connectivity index (χ1n) is 5.82. The zero-order chi connectivity index (χ0) is 13.4. The van der Waals surface area contributed by atoms with Crippen molar-refractivity contribution in [3.05, 3.63) is 23.8 Å². The Morgan fingerprint density at radius 2 is 1.94 bits per heavy atom. The quantitative estimate of drug-likeness (QED) is 0.845. The summed E-state index contributed by atoms with van der Waals surface area (Å²) >= 11 is 0. The molecule has 0 heterocycles. The van der Waals surface area contributed by atoms with Crippen LogP contribution in [0.2, 0.25) is 0 Å². The Morgan fingerprint density at radius 3 is 2.56 bits per heavy atom. The summed E-state index contributed by atoms with van der Waals surface area (Å²) in [6, 6.07) is 5.48. The second-order valence-corrected chi connectivity index (χ2v) is 3.68. The molecule has 1 aromatic carbocycles. The maximum Gasteiger partial charge on any atom is 0.407 e. The molecule has 1 aromatic rings. The van der Waals surface area contributed by atoms with Crippen LogP contribution in [0, 0.1) is 0 Å². The molecular formula is C13H19NO4. The van der Waals surface area contributed by atoms with Gasteiger partial charge in [0.2, 0.25) is 0 Å². The van der Waals surface area contributed by atoms with Gasteiger partial charge in [-0.25, -0.2) is 4.79 Å². The average Bonchev–Trinajstić information content (AvgIpc) is 2.42. The second-order valence-electron chi connectivity index (χ2n) is 3.68. The lowest BCUT2D eigenvalue weighted by Gasteiger charge is -2.10. The highest BCUT2D eigenvalue weighted by molar-refractivity contribution is 5.67. The van der Waals surface area contributed by atoms with Gasteiger partial charge < -0.3 is 19.5 Å². The first-order chi connectivity index (χ1) is 8.71. The Bertz CT molecular complexity index is 393. The Kier molecular flexibility index (Phi) is 5.84. The largest absolute Gasteiger partial charge is 0.493 e. The van der Waals surface area contributed by atoms with Gasteiger partial charge in [0, 0.05) is 6.54 Å². The Hall–Kier alpha value is -1.91. The lowest BCUT2D eigenvalue weighted by molar-refractivity contribution is 0.145. The van der Waals surface area contributed by atoms with Crippen LogP contribution in [0.5, 0.6) is 11.5 Å². The van der Waals surface area contributed by atoms with Crippen molar-refractivity contribution in [1.29, 1.82) is 0 Å². The standard InChI is InChI=1S/C13H19NO4/c1-4-7-18-13(15)14-9-10-5-6-11(16-2)12(8-10)17-3/h5-6,8H,4,7,9H2,1-3H3,(H,14,15). The number of amides is 1. The van der Waals surface area contributed by atoms with Gasteiger partial charge in [-0.1, -0.05) is 13.0 Å². The molecule has 0 spiro atoms. The van der Waals surface area contributed by atoms with E-state index in [1.54, 1.807) is 20.3 Å². The summed E-state index contributed by atoms with van der Waals surface area (Å²) in [6.07, 6.45) is 0.399. The molecule has 100 valence electrons. The van der Waals surface area contributed by atoms with Gasteiger partial charge in [-0.15, -0.1) is 0 Å². The molecule has 5 heteroatoms. The van der Waals surface area contributed by atoms with Crippen molar-refractivity contribution in [3.63, 3.8) is 0 Å². The minimum Gasteiger partial charge on any atom is -0.493 e. The van der Waals surface area contributed by atoms with E-state index in [1.165, 1.54) is 0 Å². The number of rotatable bonds is 6. The first kappa shape index (κ1) is 14.2. The van der Waals surface area contributed by atoms with Gasteiger partial charge in [0.05, 0.1) is 20.8 Å². The third-order valence-electron chi connectivity index (χ3n) is 2.32. The van der Waals surface area contributed by atoms with E-state index in [2.05, 4.69) is 5.32 Å². The van der Waals surface area contributed by atoms with Crippen molar-refractivity contribution in [3.8, 4) is 11.5 Å². The van der Waals surface area contributed by atoms with Gasteiger partial charge >= 0.3 is 6.09 Å². The van der Waals surface area contributed by atoms with Crippen molar-refractivity contribution in [1.82, 2.24) is 5.32 Å². The molecule has 0 aromatic heterocycles. The highest BCUT2D eigenvalue weighted by Crippen LogP contribution is 2.27. The number of carbonyl (C=O) groups excluding carboxylic acids is 1. The van der Waals surface area contributed by atoms with E-state index >= 15 is 0 Å². The van der Waals surface area contributed by atoms with Crippen LogP contribution in [0.25, 0.3) is 0 Å². The fourth-order valence-corrected chi connectivity index (χ4v) is 1.41. The predicted octanol–water partition coefficient (Wildman–Crippen LogP) is 2.34. The molecule has 1 rings (SSSR count). The van der Waals surface area contributed by atoms with Crippen molar-refractivity contribution < 1.29 is 19.0 Å². The van der Waals surface area contributed by atoms with Crippen molar-refractivity contribution in [2.75, 3.05) is 20.8 Å². The zero-order valence-corrected chi connectivity index (χ0v) is 11.0. The Morgan fingerprint density at radius 1 is 1.22 bits per heavy atom. The number of methoxy groups -OCH3 is 2. The third-order valence-corrected chi connectivity index (χ3v) is 2.32. The van der Waals surface area contributed by atoms with Gasteiger partial charge in [-0.3, -0.25) is 0 Å². The van der Waals surface area contributed by atoms with Crippen LogP contribution in [0.4, 0.5) is 4.79 Å². The van der Waals surface area contributed by atoms with Crippen molar-refractivity contribution in [2.24, 2.45) is 0 Å². The predicted molar refractivity (Wildman–Crippen MR) is 68.0 cm³/mol. The monoisotopic (exact) mass is 253 g/mol. The lowest BCUT2D eigenvalue weighted by atomic mass is 10.2. The molecule has 5 nitrogen and oxygen atoms in total. The highest BCUT2D eigenvalue weighted by atomic mass is 16.5. The summed E-state index contributed by atoms with van der Waals surface area (Å²) < 4.78 is 15.2.